The Kier molecular flexibility index (Phi) is 9.32. The number of hydrogen-bond donors (Lipinski definition) is 1. The number of carbonyl (C=O) groups is 1. The largest absolute Gasteiger partial charge is 0.480 e. The zero-order chi connectivity index (χ0) is 29.9. The van der Waals surface area contributed by atoms with Gasteiger partial charge in [-0.15, -0.1) is 0 Å². The van der Waals surface area contributed by atoms with Crippen molar-refractivity contribution >= 4 is 5.97 Å². The monoisotopic (exact) mass is 586 g/mol. The molecule has 0 bridgehead atoms. The van der Waals surface area contributed by atoms with Gasteiger partial charge < -0.3 is 10.0 Å². The van der Waals surface area contributed by atoms with Crippen LogP contribution in [0.25, 0.3) is 0 Å². The van der Waals surface area contributed by atoms with Gasteiger partial charge >= 0.3 is 12.1 Å². The summed E-state index contributed by atoms with van der Waals surface area (Å²) in [6, 6.07) is 17.0. The molecule has 226 valence electrons. The highest BCUT2D eigenvalue weighted by Gasteiger charge is 2.44. The maximum absolute atomic E-state index is 14.1. The summed E-state index contributed by atoms with van der Waals surface area (Å²) >= 11 is 0. The first kappa shape index (κ1) is 30.2. The molecule has 0 spiro atoms. The highest BCUT2D eigenvalue weighted by atomic mass is 19.4. The molecule has 0 saturated carbocycles. The molecule has 3 heterocycles. The van der Waals surface area contributed by atoms with E-state index < -0.39 is 30.4 Å². The van der Waals surface area contributed by atoms with Crippen LogP contribution >= 0.6 is 0 Å². The molecule has 1 unspecified atom stereocenters. The molecule has 3 aromatic rings. The van der Waals surface area contributed by atoms with Crippen LogP contribution < -0.4 is 0 Å². The Balaban J connectivity index is 1.26. The standard InChI is InChI=1S/C32H38F4N4O2/c1-2-40-29(17-27(37-40)15-22-7-4-3-5-8-22)23-11-13-38(14-12-23)19-25-20-39(30(31(41)42)18-32(34,35)36)21-28(25)24-9-6-10-26(33)16-24/h3-10,16-17,23,25,28,30H,2,11-15,18-21H2,1H3,(H,41,42)/t25-,28+,30?/m0/s1. The topological polar surface area (TPSA) is 61.6 Å². The number of alkyl halides is 3. The van der Waals surface area contributed by atoms with Crippen molar-refractivity contribution in [3.63, 3.8) is 0 Å². The van der Waals surface area contributed by atoms with Crippen LogP contribution in [0.5, 0.6) is 0 Å². The van der Waals surface area contributed by atoms with Gasteiger partial charge in [-0.2, -0.15) is 18.3 Å². The lowest BCUT2D eigenvalue weighted by molar-refractivity contribution is -0.165. The molecule has 10 heteroatoms. The summed E-state index contributed by atoms with van der Waals surface area (Å²) in [4.78, 5) is 15.6. The molecular formula is C32H38F4N4O2. The zero-order valence-corrected chi connectivity index (χ0v) is 23.8. The minimum atomic E-state index is -4.59. The Morgan fingerprint density at radius 1 is 1.05 bits per heavy atom. The molecular weight excluding hydrogens is 548 g/mol. The summed E-state index contributed by atoms with van der Waals surface area (Å²) in [7, 11) is 0. The van der Waals surface area contributed by atoms with Gasteiger partial charge in [0.05, 0.1) is 12.1 Å². The number of carboxylic acid groups (broad SMARTS) is 1. The van der Waals surface area contributed by atoms with Crippen LogP contribution in [0.15, 0.2) is 60.7 Å². The predicted octanol–water partition coefficient (Wildman–Crippen LogP) is 5.93. The van der Waals surface area contributed by atoms with Crippen LogP contribution in [0.3, 0.4) is 0 Å². The van der Waals surface area contributed by atoms with Crippen LogP contribution in [0.2, 0.25) is 0 Å². The molecule has 0 aliphatic carbocycles. The van der Waals surface area contributed by atoms with Crippen molar-refractivity contribution in [2.75, 3.05) is 32.7 Å². The van der Waals surface area contributed by atoms with Gasteiger partial charge in [-0.05, 0) is 68.1 Å². The van der Waals surface area contributed by atoms with Crippen molar-refractivity contribution in [1.29, 1.82) is 0 Å². The van der Waals surface area contributed by atoms with Gasteiger partial charge in [0.2, 0.25) is 0 Å². The van der Waals surface area contributed by atoms with Gasteiger partial charge in [0.1, 0.15) is 11.9 Å². The Morgan fingerprint density at radius 2 is 1.79 bits per heavy atom. The van der Waals surface area contributed by atoms with Gasteiger partial charge in [-0.1, -0.05) is 42.5 Å². The van der Waals surface area contributed by atoms with Crippen molar-refractivity contribution in [3.8, 4) is 0 Å². The van der Waals surface area contributed by atoms with Crippen LogP contribution in [-0.4, -0.2) is 75.6 Å². The summed E-state index contributed by atoms with van der Waals surface area (Å²) in [5.41, 5.74) is 4.21. The average molecular weight is 587 g/mol. The Hall–Kier alpha value is -3.24. The highest BCUT2D eigenvalue weighted by Crippen LogP contribution is 2.38. The van der Waals surface area contributed by atoms with Gasteiger partial charge in [-0.3, -0.25) is 14.4 Å². The first-order chi connectivity index (χ1) is 20.1. The summed E-state index contributed by atoms with van der Waals surface area (Å²) < 4.78 is 56.0. The summed E-state index contributed by atoms with van der Waals surface area (Å²) in [6.07, 6.45) is -3.35. The minimum Gasteiger partial charge on any atom is -0.480 e. The molecule has 1 aromatic heterocycles. The third kappa shape index (κ3) is 7.39. The molecule has 2 aliphatic heterocycles. The Bertz CT molecular complexity index is 1340. The lowest BCUT2D eigenvalue weighted by atomic mass is 9.87. The van der Waals surface area contributed by atoms with Gasteiger partial charge in [0.15, 0.2) is 0 Å². The van der Waals surface area contributed by atoms with E-state index in [4.69, 9.17) is 5.10 Å². The number of halogens is 4. The quantitative estimate of drug-likeness (QED) is 0.299. The fourth-order valence-corrected chi connectivity index (χ4v) is 6.75. The molecule has 1 N–H and O–H groups in total. The first-order valence-electron chi connectivity index (χ1n) is 14.7. The molecule has 2 fully saturated rings. The van der Waals surface area contributed by atoms with E-state index in [1.807, 2.05) is 18.2 Å². The number of benzene rings is 2. The van der Waals surface area contributed by atoms with E-state index in [-0.39, 0.29) is 24.9 Å². The summed E-state index contributed by atoms with van der Waals surface area (Å²) in [6.45, 7) is 5.53. The molecule has 5 rings (SSSR count). The predicted molar refractivity (Wildman–Crippen MR) is 152 cm³/mol. The fraction of sp³-hybridized carbons (Fsp3) is 0.500. The van der Waals surface area contributed by atoms with Crippen molar-refractivity contribution in [2.24, 2.45) is 5.92 Å². The number of hydrogen-bond acceptors (Lipinski definition) is 4. The molecule has 0 radical (unpaired) electrons. The zero-order valence-electron chi connectivity index (χ0n) is 23.8. The number of aryl methyl sites for hydroxylation is 1. The van der Waals surface area contributed by atoms with Crippen LogP contribution in [0, 0.1) is 11.7 Å². The molecule has 2 saturated heterocycles. The number of nitrogens with zero attached hydrogens (tertiary/aromatic N) is 4. The van der Waals surface area contributed by atoms with Crippen molar-refractivity contribution < 1.29 is 27.5 Å². The maximum Gasteiger partial charge on any atom is 0.391 e. The second-order valence-corrected chi connectivity index (χ2v) is 11.7. The Morgan fingerprint density at radius 3 is 2.43 bits per heavy atom. The van der Waals surface area contributed by atoms with Gasteiger partial charge in [0, 0.05) is 50.1 Å². The second kappa shape index (κ2) is 13.0. The van der Waals surface area contributed by atoms with E-state index in [1.165, 1.54) is 28.3 Å². The number of aromatic nitrogens is 2. The SMILES string of the molecule is CCn1nc(Cc2ccccc2)cc1C1CCN(C[C@H]2CN(C(CC(F)(F)F)C(=O)O)C[C@@H]2c2cccc(F)c2)CC1. The number of rotatable bonds is 10. The average Bonchev–Trinajstić information content (AvgIpc) is 3.56. The van der Waals surface area contributed by atoms with Gasteiger partial charge in [0.25, 0.3) is 0 Å². The normalized spacial score (nSPS) is 21.5. The number of aliphatic carboxylic acids is 1. The van der Waals surface area contributed by atoms with E-state index in [0.29, 0.717) is 18.0 Å². The number of piperidine rings is 1. The van der Waals surface area contributed by atoms with Gasteiger partial charge in [-0.25, -0.2) is 4.39 Å². The number of carboxylic acids is 1. The second-order valence-electron chi connectivity index (χ2n) is 11.7. The van der Waals surface area contributed by atoms with E-state index in [9.17, 15) is 27.5 Å². The van der Waals surface area contributed by atoms with Crippen LogP contribution in [0.1, 0.15) is 60.5 Å². The van der Waals surface area contributed by atoms with Crippen LogP contribution in [-0.2, 0) is 17.8 Å². The van der Waals surface area contributed by atoms with Crippen LogP contribution in [0.4, 0.5) is 17.6 Å². The molecule has 2 aliphatic rings. The summed E-state index contributed by atoms with van der Waals surface area (Å²) in [5.74, 6) is -1.89. The smallest absolute Gasteiger partial charge is 0.391 e. The molecule has 0 amide bonds. The van der Waals surface area contributed by atoms with Crippen molar-refractivity contribution in [3.05, 3.63) is 89.0 Å². The fourth-order valence-electron chi connectivity index (χ4n) is 6.75. The Labute approximate surface area is 243 Å². The van der Waals surface area contributed by atoms with E-state index in [1.54, 1.807) is 12.1 Å². The highest BCUT2D eigenvalue weighted by molar-refractivity contribution is 5.73. The lowest BCUT2D eigenvalue weighted by Crippen LogP contribution is -2.43. The molecule has 2 aromatic carbocycles. The van der Waals surface area contributed by atoms with Crippen molar-refractivity contribution in [2.45, 2.75) is 63.2 Å². The summed E-state index contributed by atoms with van der Waals surface area (Å²) in [5, 5.41) is 14.5. The van der Waals surface area contributed by atoms with Crippen molar-refractivity contribution in [1.82, 2.24) is 19.6 Å². The lowest BCUT2D eigenvalue weighted by Gasteiger charge is -2.35. The van der Waals surface area contributed by atoms with E-state index >= 15 is 0 Å². The third-order valence-electron chi connectivity index (χ3n) is 8.78. The molecule has 6 nitrogen and oxygen atoms in total. The molecule has 3 atom stereocenters. The first-order valence-corrected chi connectivity index (χ1v) is 14.7. The maximum atomic E-state index is 14.1. The van der Waals surface area contributed by atoms with E-state index in [2.05, 4.69) is 34.7 Å². The molecule has 42 heavy (non-hydrogen) atoms. The number of likely N-dealkylation sites (tertiary alicyclic amines) is 2. The van der Waals surface area contributed by atoms with E-state index in [0.717, 1.165) is 44.6 Å². The third-order valence-corrected chi connectivity index (χ3v) is 8.78. The minimum absolute atomic E-state index is 0.114.